The van der Waals surface area contributed by atoms with Gasteiger partial charge in [-0.1, -0.05) is 12.1 Å². The quantitative estimate of drug-likeness (QED) is 0.690. The van der Waals surface area contributed by atoms with E-state index in [4.69, 9.17) is 0 Å². The molecule has 4 rings (SSSR count). The number of carbonyl (C=O) groups excluding carboxylic acids is 1. The smallest absolute Gasteiger partial charge is 0.220 e. The third-order valence-electron chi connectivity index (χ3n) is 4.91. The molecule has 2 aromatic heterocycles. The maximum absolute atomic E-state index is 12.2. The Morgan fingerprint density at radius 3 is 2.88 bits per heavy atom. The molecule has 0 radical (unpaired) electrons. The van der Waals surface area contributed by atoms with Crippen molar-refractivity contribution in [2.75, 3.05) is 0 Å². The summed E-state index contributed by atoms with van der Waals surface area (Å²) in [5.74, 6) is 1.82. The Labute approximate surface area is 155 Å². The van der Waals surface area contributed by atoms with E-state index < -0.39 is 0 Å². The third kappa shape index (κ3) is 3.34. The second-order valence-corrected chi connectivity index (χ2v) is 7.81. The fourth-order valence-electron chi connectivity index (χ4n) is 3.36. The Balaban J connectivity index is 1.25. The van der Waals surface area contributed by atoms with Crippen molar-refractivity contribution in [1.29, 1.82) is 0 Å². The van der Waals surface area contributed by atoms with Crippen molar-refractivity contribution in [2.45, 2.75) is 44.2 Å². The van der Waals surface area contributed by atoms with E-state index in [2.05, 4.69) is 26.6 Å². The SMILES string of the molecule is Cn1c(CO)nnc1C1CC(NC(=O)CCc2nc3ccccc3s2)C1. The zero-order valence-corrected chi connectivity index (χ0v) is 15.4. The van der Waals surface area contributed by atoms with Gasteiger partial charge in [0.05, 0.1) is 15.2 Å². The van der Waals surface area contributed by atoms with Gasteiger partial charge in [0.15, 0.2) is 5.82 Å². The van der Waals surface area contributed by atoms with E-state index in [-0.39, 0.29) is 18.6 Å². The van der Waals surface area contributed by atoms with Crippen molar-refractivity contribution in [1.82, 2.24) is 25.1 Å². The molecule has 1 aliphatic rings. The van der Waals surface area contributed by atoms with E-state index in [1.165, 1.54) is 0 Å². The average molecular weight is 371 g/mol. The normalized spacial score (nSPS) is 19.5. The van der Waals surface area contributed by atoms with Crippen LogP contribution in [0.1, 0.15) is 41.8 Å². The highest BCUT2D eigenvalue weighted by Crippen LogP contribution is 2.36. The summed E-state index contributed by atoms with van der Waals surface area (Å²) in [6, 6.07) is 8.23. The first-order chi connectivity index (χ1) is 12.6. The molecule has 0 bridgehead atoms. The summed E-state index contributed by atoms with van der Waals surface area (Å²) in [4.78, 5) is 16.8. The summed E-state index contributed by atoms with van der Waals surface area (Å²) >= 11 is 1.65. The second kappa shape index (κ2) is 7.13. The number of aromatic nitrogens is 4. The van der Waals surface area contributed by atoms with Crippen LogP contribution in [0.3, 0.4) is 0 Å². The van der Waals surface area contributed by atoms with Gasteiger partial charge in [0.1, 0.15) is 12.4 Å². The van der Waals surface area contributed by atoms with Gasteiger partial charge in [0, 0.05) is 31.8 Å². The Morgan fingerprint density at radius 1 is 1.35 bits per heavy atom. The highest BCUT2D eigenvalue weighted by molar-refractivity contribution is 7.18. The summed E-state index contributed by atoms with van der Waals surface area (Å²) in [6.07, 6.45) is 2.86. The van der Waals surface area contributed by atoms with Gasteiger partial charge in [-0.05, 0) is 25.0 Å². The predicted octanol–water partition coefficient (Wildman–Crippen LogP) is 1.91. The molecule has 2 N–H and O–H groups in total. The van der Waals surface area contributed by atoms with Crippen LogP contribution < -0.4 is 5.32 Å². The molecule has 0 spiro atoms. The van der Waals surface area contributed by atoms with E-state index in [1.807, 2.05) is 29.8 Å². The fourth-order valence-corrected chi connectivity index (χ4v) is 4.33. The van der Waals surface area contributed by atoms with Gasteiger partial charge < -0.3 is 15.0 Å². The van der Waals surface area contributed by atoms with Gasteiger partial charge in [0.25, 0.3) is 0 Å². The molecule has 1 aromatic carbocycles. The number of aliphatic hydroxyl groups is 1. The number of para-hydroxylation sites is 1. The van der Waals surface area contributed by atoms with E-state index in [1.54, 1.807) is 11.3 Å². The Kier molecular flexibility index (Phi) is 4.69. The first-order valence-corrected chi connectivity index (χ1v) is 9.58. The topological polar surface area (TPSA) is 92.9 Å². The number of aliphatic hydroxyl groups excluding tert-OH is 1. The molecule has 1 fully saturated rings. The molecule has 0 atom stereocenters. The van der Waals surface area contributed by atoms with Crippen molar-refractivity contribution in [2.24, 2.45) is 7.05 Å². The van der Waals surface area contributed by atoms with Crippen molar-refractivity contribution >= 4 is 27.5 Å². The molecule has 0 aliphatic heterocycles. The lowest BCUT2D eigenvalue weighted by Crippen LogP contribution is -2.44. The number of carbonyl (C=O) groups is 1. The zero-order chi connectivity index (χ0) is 18.1. The predicted molar refractivity (Wildman–Crippen MR) is 98.8 cm³/mol. The maximum atomic E-state index is 12.2. The highest BCUT2D eigenvalue weighted by atomic mass is 32.1. The zero-order valence-electron chi connectivity index (χ0n) is 14.6. The van der Waals surface area contributed by atoms with Crippen LogP contribution in [0.4, 0.5) is 0 Å². The van der Waals surface area contributed by atoms with E-state index in [0.717, 1.165) is 33.9 Å². The summed E-state index contributed by atoms with van der Waals surface area (Å²) in [5, 5.41) is 21.4. The number of aryl methyl sites for hydroxylation is 1. The van der Waals surface area contributed by atoms with Crippen LogP contribution in [0.25, 0.3) is 10.2 Å². The standard InChI is InChI=1S/C18H21N5O2S/c1-23-15(10-24)21-22-18(23)11-8-12(9-11)19-16(25)6-7-17-20-13-4-2-3-5-14(13)26-17/h2-5,11-12,24H,6-10H2,1H3,(H,19,25). The number of hydrogen-bond acceptors (Lipinski definition) is 6. The number of benzene rings is 1. The van der Waals surface area contributed by atoms with Crippen LogP contribution in [-0.2, 0) is 24.9 Å². The molecule has 2 heterocycles. The van der Waals surface area contributed by atoms with E-state index >= 15 is 0 Å². The Hall–Kier alpha value is -2.32. The average Bonchev–Trinajstić information content (AvgIpc) is 3.18. The highest BCUT2D eigenvalue weighted by Gasteiger charge is 2.34. The molecule has 1 amide bonds. The van der Waals surface area contributed by atoms with Crippen molar-refractivity contribution in [3.8, 4) is 0 Å². The van der Waals surface area contributed by atoms with Crippen molar-refractivity contribution in [3.05, 3.63) is 40.9 Å². The molecule has 1 saturated carbocycles. The number of nitrogens with one attached hydrogen (secondary N) is 1. The van der Waals surface area contributed by atoms with Gasteiger partial charge >= 0.3 is 0 Å². The van der Waals surface area contributed by atoms with E-state index in [9.17, 15) is 9.90 Å². The van der Waals surface area contributed by atoms with Gasteiger partial charge in [-0.3, -0.25) is 4.79 Å². The molecule has 7 nitrogen and oxygen atoms in total. The first-order valence-electron chi connectivity index (χ1n) is 8.77. The molecular weight excluding hydrogens is 350 g/mol. The number of fused-ring (bicyclic) bond motifs is 1. The number of amides is 1. The Bertz CT molecular complexity index is 896. The lowest BCUT2D eigenvalue weighted by atomic mass is 9.79. The molecule has 3 aromatic rings. The molecule has 0 saturated heterocycles. The van der Waals surface area contributed by atoms with Gasteiger partial charge in [-0.15, -0.1) is 21.5 Å². The summed E-state index contributed by atoms with van der Waals surface area (Å²) in [5.41, 5.74) is 1.00. The molecule has 136 valence electrons. The second-order valence-electron chi connectivity index (χ2n) is 6.70. The molecule has 0 unspecified atom stereocenters. The van der Waals surface area contributed by atoms with Gasteiger partial charge in [0.2, 0.25) is 5.91 Å². The van der Waals surface area contributed by atoms with E-state index in [0.29, 0.717) is 24.6 Å². The first kappa shape index (κ1) is 17.1. The lowest BCUT2D eigenvalue weighted by Gasteiger charge is -2.35. The number of thiazole rings is 1. The molecule has 26 heavy (non-hydrogen) atoms. The van der Waals surface area contributed by atoms with Crippen molar-refractivity contribution < 1.29 is 9.90 Å². The monoisotopic (exact) mass is 371 g/mol. The van der Waals surface area contributed by atoms with Crippen LogP contribution in [-0.4, -0.2) is 36.8 Å². The van der Waals surface area contributed by atoms with Crippen LogP contribution >= 0.6 is 11.3 Å². The van der Waals surface area contributed by atoms with Crippen LogP contribution in [0.5, 0.6) is 0 Å². The van der Waals surface area contributed by atoms with Crippen LogP contribution in [0.2, 0.25) is 0 Å². The van der Waals surface area contributed by atoms with Crippen LogP contribution in [0, 0.1) is 0 Å². The number of hydrogen-bond donors (Lipinski definition) is 2. The third-order valence-corrected chi connectivity index (χ3v) is 6.01. The largest absolute Gasteiger partial charge is 0.388 e. The minimum absolute atomic E-state index is 0.0710. The minimum atomic E-state index is -0.109. The maximum Gasteiger partial charge on any atom is 0.220 e. The van der Waals surface area contributed by atoms with Crippen molar-refractivity contribution in [3.63, 3.8) is 0 Å². The molecule has 1 aliphatic carbocycles. The molecule has 8 heteroatoms. The summed E-state index contributed by atoms with van der Waals surface area (Å²) in [7, 11) is 1.87. The number of rotatable bonds is 6. The fraction of sp³-hybridized carbons (Fsp3) is 0.444. The Morgan fingerprint density at radius 2 is 2.15 bits per heavy atom. The van der Waals surface area contributed by atoms with Gasteiger partial charge in [-0.2, -0.15) is 0 Å². The minimum Gasteiger partial charge on any atom is -0.388 e. The van der Waals surface area contributed by atoms with Crippen LogP contribution in [0.15, 0.2) is 24.3 Å². The molecular formula is C18H21N5O2S. The van der Waals surface area contributed by atoms with Gasteiger partial charge in [-0.25, -0.2) is 4.98 Å². The lowest BCUT2D eigenvalue weighted by molar-refractivity contribution is -0.122. The summed E-state index contributed by atoms with van der Waals surface area (Å²) in [6.45, 7) is -0.109. The number of nitrogens with zero attached hydrogens (tertiary/aromatic N) is 4. The summed E-state index contributed by atoms with van der Waals surface area (Å²) < 4.78 is 3.01.